The molecular weight excluding hydrogens is 324 g/mol. The van der Waals surface area contributed by atoms with E-state index in [1.54, 1.807) is 11.8 Å². The maximum absolute atomic E-state index is 12.6. The van der Waals surface area contributed by atoms with E-state index in [2.05, 4.69) is 15.0 Å². The van der Waals surface area contributed by atoms with Crippen molar-refractivity contribution in [2.24, 2.45) is 0 Å². The summed E-state index contributed by atoms with van der Waals surface area (Å²) in [6.45, 7) is 2.58. The highest BCUT2D eigenvalue weighted by atomic mass is 16.4. The van der Waals surface area contributed by atoms with Crippen molar-refractivity contribution >= 4 is 5.91 Å². The van der Waals surface area contributed by atoms with E-state index in [0.717, 1.165) is 30.2 Å². The van der Waals surface area contributed by atoms with Crippen LogP contribution in [0.15, 0.2) is 14.0 Å². The number of aromatic nitrogens is 3. The van der Waals surface area contributed by atoms with Gasteiger partial charge in [0, 0.05) is 30.1 Å². The molecule has 0 atom stereocenters. The number of aryl methyl sites for hydroxylation is 1. The van der Waals surface area contributed by atoms with Crippen LogP contribution in [-0.2, 0) is 24.2 Å². The van der Waals surface area contributed by atoms with Crippen molar-refractivity contribution in [2.75, 3.05) is 6.54 Å². The first kappa shape index (κ1) is 15.9. The van der Waals surface area contributed by atoms with Gasteiger partial charge in [0.05, 0.1) is 13.0 Å². The highest BCUT2D eigenvalue weighted by Crippen LogP contribution is 2.37. The Bertz CT molecular complexity index is 935. The minimum absolute atomic E-state index is 0.0411. The number of nitrogens with one attached hydrogen (secondary N) is 2. The van der Waals surface area contributed by atoms with Crippen molar-refractivity contribution in [3.63, 3.8) is 0 Å². The van der Waals surface area contributed by atoms with Gasteiger partial charge >= 0.3 is 5.69 Å². The van der Waals surface area contributed by atoms with Gasteiger partial charge in [0.1, 0.15) is 11.5 Å². The molecule has 0 spiro atoms. The number of hydrogen-bond donors (Lipinski definition) is 2. The van der Waals surface area contributed by atoms with Crippen molar-refractivity contribution in [1.29, 1.82) is 0 Å². The Labute approximate surface area is 143 Å². The SMILES string of the molecule is Cc1[nH]c(=O)[nH]c(=O)c1CC(=O)N1CCc2oc(C3CCC3)nc2C1. The zero-order valence-electron chi connectivity index (χ0n) is 14.1. The number of aromatic amines is 2. The first-order valence-corrected chi connectivity index (χ1v) is 8.59. The predicted molar refractivity (Wildman–Crippen MR) is 88.3 cm³/mol. The number of oxazole rings is 1. The smallest absolute Gasteiger partial charge is 0.325 e. The molecule has 3 heterocycles. The minimum Gasteiger partial charge on any atom is -0.445 e. The molecule has 8 nitrogen and oxygen atoms in total. The Morgan fingerprint density at radius 2 is 2.12 bits per heavy atom. The first-order chi connectivity index (χ1) is 12.0. The Morgan fingerprint density at radius 3 is 2.80 bits per heavy atom. The largest absolute Gasteiger partial charge is 0.445 e. The number of rotatable bonds is 3. The normalized spacial score (nSPS) is 17.2. The fraction of sp³-hybridized carbons (Fsp3) is 0.529. The number of H-pyrrole nitrogens is 2. The van der Waals surface area contributed by atoms with E-state index in [1.165, 1.54) is 6.42 Å². The molecule has 0 aromatic carbocycles. The molecule has 132 valence electrons. The number of amides is 1. The average Bonchev–Trinajstić information content (AvgIpc) is 2.90. The van der Waals surface area contributed by atoms with Gasteiger partial charge in [-0.2, -0.15) is 0 Å². The first-order valence-electron chi connectivity index (χ1n) is 8.59. The molecule has 4 rings (SSSR count). The molecule has 2 aliphatic rings. The summed E-state index contributed by atoms with van der Waals surface area (Å²) < 4.78 is 5.86. The monoisotopic (exact) mass is 344 g/mol. The second-order valence-electron chi connectivity index (χ2n) is 6.80. The van der Waals surface area contributed by atoms with E-state index in [0.29, 0.717) is 36.7 Å². The number of carbonyl (C=O) groups excluding carboxylic acids is 1. The van der Waals surface area contributed by atoms with Gasteiger partial charge in [-0.15, -0.1) is 0 Å². The van der Waals surface area contributed by atoms with Gasteiger partial charge in [0.25, 0.3) is 5.56 Å². The summed E-state index contributed by atoms with van der Waals surface area (Å²) in [7, 11) is 0. The van der Waals surface area contributed by atoms with Gasteiger partial charge in [-0.1, -0.05) is 6.42 Å². The molecule has 1 fully saturated rings. The lowest BCUT2D eigenvalue weighted by atomic mass is 9.85. The van der Waals surface area contributed by atoms with E-state index in [-0.39, 0.29) is 12.3 Å². The lowest BCUT2D eigenvalue weighted by Crippen LogP contribution is -2.38. The highest BCUT2D eigenvalue weighted by Gasteiger charge is 2.30. The van der Waals surface area contributed by atoms with Crippen molar-refractivity contribution < 1.29 is 9.21 Å². The number of fused-ring (bicyclic) bond motifs is 1. The van der Waals surface area contributed by atoms with Crippen LogP contribution in [0.2, 0.25) is 0 Å². The Kier molecular flexibility index (Phi) is 3.82. The minimum atomic E-state index is -0.563. The van der Waals surface area contributed by atoms with E-state index < -0.39 is 11.2 Å². The Hall–Kier alpha value is -2.64. The third-order valence-corrected chi connectivity index (χ3v) is 5.13. The summed E-state index contributed by atoms with van der Waals surface area (Å²) in [5.74, 6) is 1.96. The molecule has 2 aromatic heterocycles. The molecule has 0 saturated heterocycles. The topological polar surface area (TPSA) is 112 Å². The zero-order valence-corrected chi connectivity index (χ0v) is 14.1. The maximum Gasteiger partial charge on any atom is 0.325 e. The summed E-state index contributed by atoms with van der Waals surface area (Å²) in [5, 5.41) is 0. The van der Waals surface area contributed by atoms with Crippen LogP contribution in [0, 0.1) is 6.92 Å². The second-order valence-corrected chi connectivity index (χ2v) is 6.80. The second kappa shape index (κ2) is 6.02. The summed E-state index contributed by atoms with van der Waals surface area (Å²) in [4.78, 5) is 46.7. The Balaban J connectivity index is 1.50. The number of carbonyl (C=O) groups is 1. The molecule has 1 aliphatic heterocycles. The molecule has 2 aromatic rings. The summed E-state index contributed by atoms with van der Waals surface area (Å²) in [6, 6.07) is 0. The molecule has 2 N–H and O–H groups in total. The molecule has 8 heteroatoms. The van der Waals surface area contributed by atoms with Gasteiger partial charge < -0.3 is 14.3 Å². The van der Waals surface area contributed by atoms with Crippen LogP contribution in [-0.4, -0.2) is 32.3 Å². The van der Waals surface area contributed by atoms with E-state index in [9.17, 15) is 14.4 Å². The van der Waals surface area contributed by atoms with Crippen LogP contribution in [0.25, 0.3) is 0 Å². The molecule has 25 heavy (non-hydrogen) atoms. The van der Waals surface area contributed by atoms with Gasteiger partial charge in [-0.3, -0.25) is 14.6 Å². The van der Waals surface area contributed by atoms with Gasteiger partial charge in [-0.25, -0.2) is 9.78 Å². The van der Waals surface area contributed by atoms with Crippen LogP contribution in [0.5, 0.6) is 0 Å². The molecule has 0 radical (unpaired) electrons. The molecule has 0 unspecified atom stereocenters. The average molecular weight is 344 g/mol. The van der Waals surface area contributed by atoms with Crippen molar-refractivity contribution in [2.45, 2.75) is 51.5 Å². The van der Waals surface area contributed by atoms with Crippen LogP contribution >= 0.6 is 0 Å². The maximum atomic E-state index is 12.6. The van der Waals surface area contributed by atoms with Gasteiger partial charge in [0.15, 0.2) is 5.89 Å². The quantitative estimate of drug-likeness (QED) is 0.853. The fourth-order valence-electron chi connectivity index (χ4n) is 3.36. The molecule has 1 saturated carbocycles. The zero-order chi connectivity index (χ0) is 17.6. The van der Waals surface area contributed by atoms with Crippen LogP contribution in [0.3, 0.4) is 0 Å². The highest BCUT2D eigenvalue weighted by molar-refractivity contribution is 5.79. The number of nitrogens with zero attached hydrogens (tertiary/aromatic N) is 2. The summed E-state index contributed by atoms with van der Waals surface area (Å²) >= 11 is 0. The summed E-state index contributed by atoms with van der Waals surface area (Å²) in [6.07, 6.45) is 4.06. The van der Waals surface area contributed by atoms with E-state index >= 15 is 0 Å². The molecule has 1 amide bonds. The third-order valence-electron chi connectivity index (χ3n) is 5.13. The molecular formula is C17H20N4O4. The van der Waals surface area contributed by atoms with Crippen LogP contribution in [0.4, 0.5) is 0 Å². The molecule has 0 bridgehead atoms. The summed E-state index contributed by atoms with van der Waals surface area (Å²) in [5.41, 5.74) is 0.473. The van der Waals surface area contributed by atoms with E-state index in [1.807, 2.05) is 0 Å². The predicted octanol–water partition coefficient (Wildman–Crippen LogP) is 0.755. The fourth-order valence-corrected chi connectivity index (χ4v) is 3.36. The van der Waals surface area contributed by atoms with Gasteiger partial charge in [0.2, 0.25) is 5.91 Å². The van der Waals surface area contributed by atoms with Crippen molar-refractivity contribution in [3.05, 3.63) is 49.4 Å². The van der Waals surface area contributed by atoms with Crippen LogP contribution in [0.1, 0.15) is 53.8 Å². The van der Waals surface area contributed by atoms with Crippen LogP contribution < -0.4 is 11.2 Å². The molecule has 1 aliphatic carbocycles. The van der Waals surface area contributed by atoms with Crippen molar-refractivity contribution in [1.82, 2.24) is 19.9 Å². The van der Waals surface area contributed by atoms with Crippen molar-refractivity contribution in [3.8, 4) is 0 Å². The standard InChI is InChI=1S/C17H20N4O4/c1-9-11(15(23)20-17(24)18-9)7-14(22)21-6-5-13-12(8-21)19-16(25-13)10-3-2-4-10/h10H,2-8H2,1H3,(H2,18,20,23,24). The number of hydrogen-bond acceptors (Lipinski definition) is 5. The van der Waals surface area contributed by atoms with Gasteiger partial charge in [-0.05, 0) is 19.8 Å². The Morgan fingerprint density at radius 1 is 1.32 bits per heavy atom. The third kappa shape index (κ3) is 2.92. The lowest BCUT2D eigenvalue weighted by Gasteiger charge is -2.25. The van der Waals surface area contributed by atoms with E-state index in [4.69, 9.17) is 4.42 Å². The lowest BCUT2D eigenvalue weighted by molar-refractivity contribution is -0.131.